The fraction of sp³-hybridized carbons (Fsp3) is 0.298. The van der Waals surface area contributed by atoms with Crippen LogP contribution in [0.2, 0.25) is 0 Å². The first-order valence-electron chi connectivity index (χ1n) is 19.6. The molecule has 4 atom stereocenters. The van der Waals surface area contributed by atoms with E-state index < -0.39 is 42.0 Å². The zero-order valence-corrected chi connectivity index (χ0v) is 33.2. The van der Waals surface area contributed by atoms with Gasteiger partial charge in [0.2, 0.25) is 11.8 Å². The number of ether oxygens (including phenoxy) is 3. The van der Waals surface area contributed by atoms with E-state index in [4.69, 9.17) is 14.2 Å². The monoisotopic (exact) mass is 784 g/mol. The van der Waals surface area contributed by atoms with E-state index in [-0.39, 0.29) is 39.0 Å². The topological polar surface area (TPSA) is 138 Å². The number of likely N-dealkylation sites (N-methyl/N-ethyl adjacent to an activating group) is 3. The number of esters is 1. The summed E-state index contributed by atoms with van der Waals surface area (Å²) >= 11 is 0. The number of nitrogens with zero attached hydrogens (tertiary/aromatic N) is 1. The number of nitrogens with one attached hydrogen (secondary N) is 3. The van der Waals surface area contributed by atoms with Gasteiger partial charge in [0, 0.05) is 32.9 Å². The van der Waals surface area contributed by atoms with Gasteiger partial charge in [-0.2, -0.15) is 0 Å². The maximum Gasteiger partial charge on any atom is 0.329 e. The van der Waals surface area contributed by atoms with Gasteiger partial charge in [0.15, 0.2) is 0 Å². The number of hydrogen-bond donors (Lipinski definition) is 4. The molecular formula is C47H52N4O7. The van der Waals surface area contributed by atoms with Crippen molar-refractivity contribution in [3.63, 3.8) is 0 Å². The Morgan fingerprint density at radius 3 is 1.74 bits per heavy atom. The van der Waals surface area contributed by atoms with Gasteiger partial charge in [-0.1, -0.05) is 103 Å². The van der Waals surface area contributed by atoms with E-state index in [2.05, 4.69) is 16.0 Å². The Morgan fingerprint density at radius 2 is 1.24 bits per heavy atom. The van der Waals surface area contributed by atoms with Crippen LogP contribution in [0.15, 0.2) is 127 Å². The average Bonchev–Trinajstić information content (AvgIpc) is 3.25. The molecule has 4 N–H and O–H groups in total. The van der Waals surface area contributed by atoms with Crippen molar-refractivity contribution in [2.24, 2.45) is 0 Å². The van der Waals surface area contributed by atoms with Crippen LogP contribution in [0.4, 0.5) is 0 Å². The fourth-order valence-electron chi connectivity index (χ4n) is 7.03. The maximum atomic E-state index is 14.6. The SMILES string of the molecule is CNC[C@H](O)C[C@@H]1NC(=O)C(NC)Cc2cc(ccc2OCc2ccccc2)-c2ccc(OCc3ccccc3)c(c2)CC(C(=O)OCc2ccccc2)N(C)C1=O. The van der Waals surface area contributed by atoms with E-state index in [1.54, 1.807) is 14.1 Å². The highest BCUT2D eigenvalue weighted by Crippen LogP contribution is 2.33. The standard InChI is InChI=1S/C47H52N4O7/c1-48-28-39(52)27-41-46(54)51(3)42(47(55)58-31-34-17-11-6-12-18-34)26-38-24-36(20-22-44(38)57-30-33-15-9-5-10-16-33)35-19-21-43(56-29-32-13-7-4-8-14-32)37(23-35)25-40(49-2)45(53)50-41/h4-24,39-42,48-49,52H,25-31H2,1-3H3,(H,50,53)/t39-,40?,41+,42?/m1/s1. The summed E-state index contributed by atoms with van der Waals surface area (Å²) in [4.78, 5) is 44.3. The van der Waals surface area contributed by atoms with Gasteiger partial charge >= 0.3 is 5.97 Å². The van der Waals surface area contributed by atoms with Gasteiger partial charge in [-0.15, -0.1) is 0 Å². The van der Waals surface area contributed by atoms with E-state index in [1.165, 1.54) is 11.9 Å². The Hall–Kier alpha value is -6.01. The predicted molar refractivity (Wildman–Crippen MR) is 223 cm³/mol. The molecule has 1 aliphatic heterocycles. The number of carbonyl (C=O) groups excluding carboxylic acids is 3. The number of rotatable bonds is 14. The molecular weight excluding hydrogens is 733 g/mol. The summed E-state index contributed by atoms with van der Waals surface area (Å²) in [7, 11) is 4.91. The predicted octanol–water partition coefficient (Wildman–Crippen LogP) is 5.22. The van der Waals surface area contributed by atoms with Gasteiger partial charge in [0.1, 0.15) is 43.4 Å². The lowest BCUT2D eigenvalue weighted by atomic mass is 9.95. The van der Waals surface area contributed by atoms with Gasteiger partial charge in [0.05, 0.1) is 12.1 Å². The molecule has 11 nitrogen and oxygen atoms in total. The molecule has 5 aromatic carbocycles. The molecule has 2 amide bonds. The van der Waals surface area contributed by atoms with Gasteiger partial charge in [-0.3, -0.25) is 9.59 Å². The van der Waals surface area contributed by atoms with Crippen LogP contribution in [0.25, 0.3) is 11.1 Å². The van der Waals surface area contributed by atoms with Crippen molar-refractivity contribution in [1.29, 1.82) is 0 Å². The summed E-state index contributed by atoms with van der Waals surface area (Å²) in [5, 5.41) is 19.9. The quantitative estimate of drug-likeness (QED) is 0.112. The summed E-state index contributed by atoms with van der Waals surface area (Å²) in [6.07, 6.45) is -0.802. The normalized spacial score (nSPS) is 17.7. The van der Waals surface area contributed by atoms with Crippen LogP contribution in [0.5, 0.6) is 11.5 Å². The highest BCUT2D eigenvalue weighted by atomic mass is 16.5. The third-order valence-corrected chi connectivity index (χ3v) is 10.3. The zero-order valence-electron chi connectivity index (χ0n) is 33.2. The maximum absolute atomic E-state index is 14.6. The zero-order chi connectivity index (χ0) is 40.9. The molecule has 0 saturated carbocycles. The van der Waals surface area contributed by atoms with Crippen LogP contribution in [0.3, 0.4) is 0 Å². The summed E-state index contributed by atoms with van der Waals surface area (Å²) in [5.74, 6) is -0.456. The first-order chi connectivity index (χ1) is 28.2. The van der Waals surface area contributed by atoms with Gasteiger partial charge < -0.3 is 40.2 Å². The molecule has 1 heterocycles. The highest BCUT2D eigenvalue weighted by molar-refractivity contribution is 5.92. The van der Waals surface area contributed by atoms with Crippen LogP contribution in [-0.4, -0.2) is 79.7 Å². The molecule has 1 aliphatic rings. The molecule has 302 valence electrons. The van der Waals surface area contributed by atoms with Gasteiger partial charge in [0.25, 0.3) is 0 Å². The molecule has 58 heavy (non-hydrogen) atoms. The minimum absolute atomic E-state index is 0.00196. The minimum atomic E-state index is -1.17. The van der Waals surface area contributed by atoms with Crippen molar-refractivity contribution in [2.75, 3.05) is 27.7 Å². The Labute approximate surface area is 340 Å². The molecule has 11 heteroatoms. The number of amides is 2. The van der Waals surface area contributed by atoms with Crippen molar-refractivity contribution >= 4 is 17.8 Å². The van der Waals surface area contributed by atoms with Crippen molar-refractivity contribution in [3.05, 3.63) is 155 Å². The summed E-state index contributed by atoms with van der Waals surface area (Å²) in [6.45, 7) is 0.800. The molecule has 4 bridgehead atoms. The van der Waals surface area contributed by atoms with Crippen LogP contribution < -0.4 is 25.4 Å². The van der Waals surface area contributed by atoms with E-state index in [0.717, 1.165) is 33.4 Å². The Balaban J connectivity index is 1.45. The lowest BCUT2D eigenvalue weighted by molar-refractivity contribution is -0.156. The van der Waals surface area contributed by atoms with Crippen molar-refractivity contribution in [3.8, 4) is 22.6 Å². The Bertz CT molecular complexity index is 2120. The second kappa shape index (κ2) is 20.4. The van der Waals surface area contributed by atoms with Crippen LogP contribution in [-0.2, 0) is 51.8 Å². The molecule has 5 aromatic rings. The van der Waals surface area contributed by atoms with Crippen LogP contribution in [0, 0.1) is 0 Å². The van der Waals surface area contributed by atoms with E-state index >= 15 is 0 Å². The second-order valence-corrected chi connectivity index (χ2v) is 14.5. The molecule has 2 unspecified atom stereocenters. The van der Waals surface area contributed by atoms with Crippen LogP contribution in [0.1, 0.15) is 34.2 Å². The number of aliphatic hydroxyl groups is 1. The van der Waals surface area contributed by atoms with E-state index in [0.29, 0.717) is 23.7 Å². The molecule has 0 spiro atoms. The smallest absolute Gasteiger partial charge is 0.329 e. The first-order valence-corrected chi connectivity index (χ1v) is 19.6. The van der Waals surface area contributed by atoms with E-state index in [9.17, 15) is 19.5 Å². The third-order valence-electron chi connectivity index (χ3n) is 10.3. The second-order valence-electron chi connectivity index (χ2n) is 14.5. The van der Waals surface area contributed by atoms with Crippen molar-refractivity contribution < 1.29 is 33.7 Å². The van der Waals surface area contributed by atoms with Gasteiger partial charge in [-0.25, -0.2) is 4.79 Å². The first kappa shape index (κ1) is 41.6. The summed E-state index contributed by atoms with van der Waals surface area (Å²) < 4.78 is 18.7. The number of fused-ring (bicyclic) bond motifs is 5. The molecule has 0 saturated heterocycles. The molecule has 0 aliphatic carbocycles. The Morgan fingerprint density at radius 1 is 0.741 bits per heavy atom. The largest absolute Gasteiger partial charge is 0.489 e. The third kappa shape index (κ3) is 11.1. The average molecular weight is 785 g/mol. The van der Waals surface area contributed by atoms with E-state index in [1.807, 2.05) is 127 Å². The molecule has 0 aromatic heterocycles. The van der Waals surface area contributed by atoms with Gasteiger partial charge in [-0.05, 0) is 77.3 Å². The Kier molecular flexibility index (Phi) is 14.7. The number of aliphatic hydroxyl groups excluding tert-OH is 1. The summed E-state index contributed by atoms with van der Waals surface area (Å²) in [6, 6.07) is 37.6. The van der Waals surface area contributed by atoms with Crippen molar-refractivity contribution in [1.82, 2.24) is 20.9 Å². The number of benzene rings is 5. The number of hydrogen-bond acceptors (Lipinski definition) is 9. The number of carbonyl (C=O) groups is 3. The summed E-state index contributed by atoms with van der Waals surface area (Å²) in [5.41, 5.74) is 5.93. The minimum Gasteiger partial charge on any atom is -0.489 e. The van der Waals surface area contributed by atoms with Crippen LogP contribution >= 0.6 is 0 Å². The van der Waals surface area contributed by atoms with Crippen molar-refractivity contribution in [2.45, 2.75) is 63.3 Å². The fourth-order valence-corrected chi connectivity index (χ4v) is 7.03. The molecule has 0 fully saturated rings. The lowest BCUT2D eigenvalue weighted by Crippen LogP contribution is -2.57. The molecule has 0 radical (unpaired) electrons. The molecule has 6 rings (SSSR count). The lowest BCUT2D eigenvalue weighted by Gasteiger charge is -2.32. The highest BCUT2D eigenvalue weighted by Gasteiger charge is 2.36.